The largest absolute Gasteiger partial charge is 0.496 e. The van der Waals surface area contributed by atoms with Crippen molar-refractivity contribution in [2.45, 2.75) is 26.8 Å². The highest BCUT2D eigenvalue weighted by Crippen LogP contribution is 2.32. The van der Waals surface area contributed by atoms with Crippen molar-refractivity contribution in [1.29, 1.82) is 5.26 Å². The molecule has 3 heteroatoms. The number of nitriles is 1. The van der Waals surface area contributed by atoms with Crippen LogP contribution in [-0.2, 0) is 0 Å². The van der Waals surface area contributed by atoms with E-state index in [2.05, 4.69) is 6.07 Å². The Labute approximate surface area is 103 Å². The van der Waals surface area contributed by atoms with Gasteiger partial charge in [-0.3, -0.25) is 0 Å². The van der Waals surface area contributed by atoms with Crippen LogP contribution in [0, 0.1) is 30.1 Å². The number of hydrogen-bond donors (Lipinski definition) is 1. The fourth-order valence-corrected chi connectivity index (χ4v) is 1.95. The second-order valence-corrected chi connectivity index (χ2v) is 4.67. The van der Waals surface area contributed by atoms with E-state index in [1.165, 1.54) is 0 Å². The molecule has 3 nitrogen and oxygen atoms in total. The van der Waals surface area contributed by atoms with Gasteiger partial charge in [-0.1, -0.05) is 31.5 Å². The molecule has 2 N–H and O–H groups in total. The number of nitrogens with two attached hydrogens (primary N) is 1. The zero-order valence-corrected chi connectivity index (χ0v) is 10.9. The van der Waals surface area contributed by atoms with Crippen LogP contribution in [0.2, 0.25) is 0 Å². The third kappa shape index (κ3) is 2.98. The Morgan fingerprint density at radius 2 is 2.00 bits per heavy atom. The molecule has 0 saturated carbocycles. The summed E-state index contributed by atoms with van der Waals surface area (Å²) in [6, 6.07) is 7.86. The fourth-order valence-electron chi connectivity index (χ4n) is 1.95. The summed E-state index contributed by atoms with van der Waals surface area (Å²) in [5, 5.41) is 9.19. The highest BCUT2D eigenvalue weighted by molar-refractivity contribution is 5.39. The van der Waals surface area contributed by atoms with Gasteiger partial charge in [0.2, 0.25) is 0 Å². The molecular weight excluding hydrogens is 212 g/mol. The van der Waals surface area contributed by atoms with E-state index in [9.17, 15) is 5.26 Å². The summed E-state index contributed by atoms with van der Waals surface area (Å²) in [5.41, 5.74) is 8.23. The molecule has 2 unspecified atom stereocenters. The molecule has 0 amide bonds. The summed E-state index contributed by atoms with van der Waals surface area (Å²) in [6.45, 7) is 6.03. The highest BCUT2D eigenvalue weighted by atomic mass is 16.5. The molecule has 0 saturated heterocycles. The molecule has 0 spiro atoms. The monoisotopic (exact) mass is 232 g/mol. The summed E-state index contributed by atoms with van der Waals surface area (Å²) in [6.07, 6.45) is 0. The van der Waals surface area contributed by atoms with Crippen LogP contribution in [0.5, 0.6) is 5.75 Å². The van der Waals surface area contributed by atoms with Gasteiger partial charge in [0.1, 0.15) is 5.75 Å². The first-order valence-corrected chi connectivity index (χ1v) is 5.81. The standard InChI is InChI=1S/C14H20N2O/c1-9(2)12(8-15)14(16)11-7-10(3)5-6-13(11)17-4/h5-7,9,12,14H,16H2,1-4H3. The lowest BCUT2D eigenvalue weighted by Crippen LogP contribution is -2.25. The van der Waals surface area contributed by atoms with E-state index < -0.39 is 0 Å². The summed E-state index contributed by atoms with van der Waals surface area (Å²) in [4.78, 5) is 0. The molecule has 0 bridgehead atoms. The number of aryl methyl sites for hydroxylation is 1. The van der Waals surface area contributed by atoms with E-state index in [-0.39, 0.29) is 17.9 Å². The molecule has 0 aromatic heterocycles. The Hall–Kier alpha value is -1.53. The van der Waals surface area contributed by atoms with Crippen LogP contribution in [0.15, 0.2) is 18.2 Å². The fraction of sp³-hybridized carbons (Fsp3) is 0.500. The van der Waals surface area contributed by atoms with Gasteiger partial charge in [0.05, 0.1) is 19.1 Å². The molecule has 1 aromatic carbocycles. The smallest absolute Gasteiger partial charge is 0.123 e. The van der Waals surface area contributed by atoms with E-state index >= 15 is 0 Å². The van der Waals surface area contributed by atoms with Gasteiger partial charge in [-0.05, 0) is 18.9 Å². The van der Waals surface area contributed by atoms with Gasteiger partial charge in [-0.15, -0.1) is 0 Å². The molecule has 1 rings (SSSR count). The average molecular weight is 232 g/mol. The number of methoxy groups -OCH3 is 1. The average Bonchev–Trinajstić information content (AvgIpc) is 2.29. The third-order valence-electron chi connectivity index (χ3n) is 3.00. The van der Waals surface area contributed by atoms with Gasteiger partial charge in [0.25, 0.3) is 0 Å². The molecule has 0 fully saturated rings. The van der Waals surface area contributed by atoms with E-state index in [0.29, 0.717) is 0 Å². The summed E-state index contributed by atoms with van der Waals surface area (Å²) in [5.74, 6) is 0.773. The first-order valence-electron chi connectivity index (χ1n) is 5.81. The van der Waals surface area contributed by atoms with Crippen molar-refractivity contribution in [3.8, 4) is 11.8 Å². The van der Waals surface area contributed by atoms with Crippen molar-refractivity contribution < 1.29 is 4.74 Å². The van der Waals surface area contributed by atoms with Crippen molar-refractivity contribution in [1.82, 2.24) is 0 Å². The van der Waals surface area contributed by atoms with Gasteiger partial charge in [-0.2, -0.15) is 5.26 Å². The van der Waals surface area contributed by atoms with Crippen LogP contribution in [0.4, 0.5) is 0 Å². The number of nitrogens with zero attached hydrogens (tertiary/aromatic N) is 1. The van der Waals surface area contributed by atoms with E-state index in [1.54, 1.807) is 7.11 Å². The SMILES string of the molecule is COc1ccc(C)cc1C(N)C(C#N)C(C)C. The molecular formula is C14H20N2O. The lowest BCUT2D eigenvalue weighted by molar-refractivity contribution is 0.372. The van der Waals surface area contributed by atoms with Crippen molar-refractivity contribution in [3.63, 3.8) is 0 Å². The maximum atomic E-state index is 9.19. The maximum absolute atomic E-state index is 9.19. The van der Waals surface area contributed by atoms with Crippen LogP contribution in [0.25, 0.3) is 0 Å². The molecule has 0 radical (unpaired) electrons. The highest BCUT2D eigenvalue weighted by Gasteiger charge is 2.25. The topological polar surface area (TPSA) is 59.0 Å². The Morgan fingerprint density at radius 3 is 2.47 bits per heavy atom. The Morgan fingerprint density at radius 1 is 1.35 bits per heavy atom. The number of benzene rings is 1. The zero-order valence-electron chi connectivity index (χ0n) is 10.9. The first kappa shape index (κ1) is 13.5. The third-order valence-corrected chi connectivity index (χ3v) is 3.00. The zero-order chi connectivity index (χ0) is 13.0. The van der Waals surface area contributed by atoms with Crippen LogP contribution in [0.1, 0.15) is 31.0 Å². The lowest BCUT2D eigenvalue weighted by Gasteiger charge is -2.23. The summed E-state index contributed by atoms with van der Waals surface area (Å²) < 4.78 is 5.31. The van der Waals surface area contributed by atoms with Crippen LogP contribution in [0.3, 0.4) is 0 Å². The first-order chi connectivity index (χ1) is 8.01. The van der Waals surface area contributed by atoms with E-state index in [0.717, 1.165) is 16.9 Å². The quantitative estimate of drug-likeness (QED) is 0.868. The van der Waals surface area contributed by atoms with Crippen LogP contribution in [-0.4, -0.2) is 7.11 Å². The summed E-state index contributed by atoms with van der Waals surface area (Å²) in [7, 11) is 1.62. The number of rotatable bonds is 4. The van der Waals surface area contributed by atoms with Crippen LogP contribution < -0.4 is 10.5 Å². The van der Waals surface area contributed by atoms with Crippen molar-refractivity contribution in [2.75, 3.05) is 7.11 Å². The predicted molar refractivity (Wildman–Crippen MR) is 68.6 cm³/mol. The van der Waals surface area contributed by atoms with E-state index in [1.807, 2.05) is 39.0 Å². The molecule has 0 aliphatic heterocycles. The van der Waals surface area contributed by atoms with Gasteiger partial charge in [0.15, 0.2) is 0 Å². The van der Waals surface area contributed by atoms with Crippen LogP contribution >= 0.6 is 0 Å². The van der Waals surface area contributed by atoms with Gasteiger partial charge in [0, 0.05) is 11.6 Å². The molecule has 0 heterocycles. The molecule has 1 aromatic rings. The lowest BCUT2D eigenvalue weighted by atomic mass is 9.85. The number of hydrogen-bond acceptors (Lipinski definition) is 3. The second kappa shape index (κ2) is 5.70. The molecule has 92 valence electrons. The minimum Gasteiger partial charge on any atom is -0.496 e. The molecule has 2 atom stereocenters. The molecule has 0 aliphatic rings. The minimum atomic E-state index is -0.310. The van der Waals surface area contributed by atoms with Gasteiger partial charge < -0.3 is 10.5 Å². The Kier molecular flexibility index (Phi) is 4.53. The number of ether oxygens (including phenoxy) is 1. The summed E-state index contributed by atoms with van der Waals surface area (Å²) >= 11 is 0. The van der Waals surface area contributed by atoms with Crippen molar-refractivity contribution in [3.05, 3.63) is 29.3 Å². The molecule has 0 aliphatic carbocycles. The van der Waals surface area contributed by atoms with E-state index in [4.69, 9.17) is 10.5 Å². The van der Waals surface area contributed by atoms with Gasteiger partial charge >= 0.3 is 0 Å². The maximum Gasteiger partial charge on any atom is 0.123 e. The second-order valence-electron chi connectivity index (χ2n) is 4.67. The van der Waals surface area contributed by atoms with Crippen molar-refractivity contribution >= 4 is 0 Å². The molecule has 17 heavy (non-hydrogen) atoms. The Bertz CT molecular complexity index is 421. The minimum absolute atomic E-state index is 0.203. The predicted octanol–water partition coefficient (Wildman–Crippen LogP) is 2.80. The normalized spacial score (nSPS) is 14.2. The Balaban J connectivity index is 3.14. The van der Waals surface area contributed by atoms with Gasteiger partial charge in [-0.25, -0.2) is 0 Å². The van der Waals surface area contributed by atoms with Crippen molar-refractivity contribution in [2.24, 2.45) is 17.6 Å².